The number of fused-ring (bicyclic) bond motifs is 2. The van der Waals surface area contributed by atoms with Gasteiger partial charge in [0.25, 0.3) is 5.91 Å². The maximum atomic E-state index is 13.3. The summed E-state index contributed by atoms with van der Waals surface area (Å²) in [5.74, 6) is -0.0110. The summed E-state index contributed by atoms with van der Waals surface area (Å²) in [5, 5.41) is 1.04. The highest BCUT2D eigenvalue weighted by Crippen LogP contribution is 2.21. The Balaban J connectivity index is 1.38. The number of carbonyl (C=O) groups is 1. The van der Waals surface area contributed by atoms with Gasteiger partial charge in [0, 0.05) is 35.0 Å². The van der Waals surface area contributed by atoms with Crippen LogP contribution in [-0.2, 0) is 24.4 Å². The molecule has 1 aromatic carbocycles. The van der Waals surface area contributed by atoms with Crippen molar-refractivity contribution < 1.29 is 9.53 Å². The summed E-state index contributed by atoms with van der Waals surface area (Å²) >= 11 is 0. The fourth-order valence-electron chi connectivity index (χ4n) is 4.06. The molecule has 1 aliphatic heterocycles. The van der Waals surface area contributed by atoms with Crippen LogP contribution in [0.2, 0.25) is 0 Å². The van der Waals surface area contributed by atoms with E-state index in [4.69, 9.17) is 4.74 Å². The second kappa shape index (κ2) is 7.80. The molecule has 1 N–H and O–H groups in total. The topological polar surface area (TPSA) is 63.1 Å². The largest absolute Gasteiger partial charge is 0.368 e. The number of amides is 1. The number of nitrogens with one attached hydrogen (secondary N) is 1. The minimum atomic E-state index is -0.116. The third kappa shape index (κ3) is 3.74. The molecule has 0 radical (unpaired) electrons. The van der Waals surface area contributed by atoms with E-state index in [1.165, 1.54) is 0 Å². The Kier molecular flexibility index (Phi) is 4.85. The molecule has 0 bridgehead atoms. The van der Waals surface area contributed by atoms with E-state index in [1.807, 2.05) is 72.6 Å². The smallest absolute Gasteiger partial charge is 0.270 e. The van der Waals surface area contributed by atoms with Gasteiger partial charge in [0.05, 0.1) is 31.5 Å². The van der Waals surface area contributed by atoms with Crippen LogP contribution in [-0.4, -0.2) is 38.0 Å². The minimum absolute atomic E-state index is 0.0110. The van der Waals surface area contributed by atoms with Crippen molar-refractivity contribution in [3.63, 3.8) is 0 Å². The highest BCUT2D eigenvalue weighted by molar-refractivity contribution is 5.98. The number of rotatable bonds is 4. The van der Waals surface area contributed by atoms with Crippen LogP contribution >= 0.6 is 0 Å². The molecule has 152 valence electrons. The van der Waals surface area contributed by atoms with Crippen molar-refractivity contribution in [2.24, 2.45) is 0 Å². The Morgan fingerprint density at radius 2 is 2.03 bits per heavy atom. The van der Waals surface area contributed by atoms with Gasteiger partial charge in [-0.2, -0.15) is 0 Å². The van der Waals surface area contributed by atoms with E-state index in [0.717, 1.165) is 28.0 Å². The number of aromatic amines is 1. The van der Waals surface area contributed by atoms with Gasteiger partial charge in [-0.3, -0.25) is 9.78 Å². The number of aromatic nitrogens is 3. The van der Waals surface area contributed by atoms with Crippen molar-refractivity contribution in [2.45, 2.75) is 32.7 Å². The monoisotopic (exact) mass is 400 g/mol. The molecule has 0 unspecified atom stereocenters. The third-order valence-electron chi connectivity index (χ3n) is 5.56. The number of H-pyrrole nitrogens is 1. The van der Waals surface area contributed by atoms with E-state index < -0.39 is 0 Å². The zero-order valence-corrected chi connectivity index (χ0v) is 16.9. The predicted octanol–water partition coefficient (Wildman–Crippen LogP) is 3.91. The highest BCUT2D eigenvalue weighted by atomic mass is 16.5. The second-order valence-electron chi connectivity index (χ2n) is 7.81. The minimum Gasteiger partial charge on any atom is -0.368 e. The maximum absolute atomic E-state index is 13.3. The molecule has 30 heavy (non-hydrogen) atoms. The van der Waals surface area contributed by atoms with Gasteiger partial charge in [-0.25, -0.2) is 0 Å². The third-order valence-corrected chi connectivity index (χ3v) is 5.56. The average Bonchev–Trinajstić information content (AvgIpc) is 3.34. The van der Waals surface area contributed by atoms with Gasteiger partial charge >= 0.3 is 0 Å². The average molecular weight is 400 g/mol. The van der Waals surface area contributed by atoms with Gasteiger partial charge in [0.2, 0.25) is 0 Å². The lowest BCUT2D eigenvalue weighted by molar-refractivity contribution is 0.00908. The molecule has 4 heterocycles. The normalized spacial score (nSPS) is 16.4. The van der Waals surface area contributed by atoms with E-state index in [-0.39, 0.29) is 12.0 Å². The molecule has 3 aromatic heterocycles. The number of hydrogen-bond donors (Lipinski definition) is 1. The summed E-state index contributed by atoms with van der Waals surface area (Å²) in [6.45, 7) is 4.20. The van der Waals surface area contributed by atoms with Gasteiger partial charge in [0.15, 0.2) is 0 Å². The quantitative estimate of drug-likeness (QED) is 0.565. The van der Waals surface area contributed by atoms with Crippen molar-refractivity contribution in [3.8, 4) is 0 Å². The van der Waals surface area contributed by atoms with Crippen molar-refractivity contribution in [3.05, 3.63) is 89.6 Å². The molecule has 6 nitrogen and oxygen atoms in total. The van der Waals surface area contributed by atoms with Gasteiger partial charge in [-0.05, 0) is 43.3 Å². The SMILES string of the molecule is Cc1cccc(CO[C@@H]2CN(C(=O)c3cc4ccccc4[nH]3)Cc3cccn3C2)n1. The van der Waals surface area contributed by atoms with Crippen LogP contribution in [0.4, 0.5) is 0 Å². The maximum Gasteiger partial charge on any atom is 0.270 e. The van der Waals surface area contributed by atoms with E-state index in [0.29, 0.717) is 31.9 Å². The van der Waals surface area contributed by atoms with Gasteiger partial charge in [-0.1, -0.05) is 24.3 Å². The summed E-state index contributed by atoms with van der Waals surface area (Å²) in [6.07, 6.45) is 1.93. The molecule has 0 aliphatic carbocycles. The Morgan fingerprint density at radius 1 is 1.13 bits per heavy atom. The number of aryl methyl sites for hydroxylation is 1. The van der Waals surface area contributed by atoms with Crippen LogP contribution in [0.15, 0.2) is 66.9 Å². The van der Waals surface area contributed by atoms with Crippen LogP contribution in [0.5, 0.6) is 0 Å². The number of benzene rings is 1. The fourth-order valence-corrected chi connectivity index (χ4v) is 4.06. The number of pyridine rings is 1. The van der Waals surface area contributed by atoms with Gasteiger partial charge in [-0.15, -0.1) is 0 Å². The molecule has 5 rings (SSSR count). The lowest BCUT2D eigenvalue weighted by atomic mass is 10.2. The van der Waals surface area contributed by atoms with Crippen molar-refractivity contribution in [1.82, 2.24) is 19.4 Å². The zero-order chi connectivity index (χ0) is 20.5. The van der Waals surface area contributed by atoms with Crippen LogP contribution < -0.4 is 0 Å². The molecule has 1 aliphatic rings. The highest BCUT2D eigenvalue weighted by Gasteiger charge is 2.27. The number of nitrogens with zero attached hydrogens (tertiary/aromatic N) is 3. The number of para-hydroxylation sites is 1. The number of ether oxygens (including phenoxy) is 1. The lowest BCUT2D eigenvalue weighted by Gasteiger charge is -2.24. The molecule has 1 amide bonds. The first-order valence-electron chi connectivity index (χ1n) is 10.2. The Morgan fingerprint density at radius 3 is 2.90 bits per heavy atom. The van der Waals surface area contributed by atoms with Crippen molar-refractivity contribution >= 4 is 16.8 Å². The molecule has 0 saturated carbocycles. The summed E-state index contributed by atoms with van der Waals surface area (Å²) in [4.78, 5) is 23.0. The van der Waals surface area contributed by atoms with Crippen molar-refractivity contribution in [1.29, 1.82) is 0 Å². The first-order chi connectivity index (χ1) is 14.7. The summed E-state index contributed by atoms with van der Waals surface area (Å²) in [6, 6.07) is 19.9. The lowest BCUT2D eigenvalue weighted by Crippen LogP contribution is -2.37. The first kappa shape index (κ1) is 18.6. The molecule has 1 atom stereocenters. The van der Waals surface area contributed by atoms with Crippen LogP contribution in [0.1, 0.15) is 27.6 Å². The van der Waals surface area contributed by atoms with Crippen molar-refractivity contribution in [2.75, 3.05) is 6.54 Å². The molecule has 6 heteroatoms. The van der Waals surface area contributed by atoms with Crippen LogP contribution in [0, 0.1) is 6.92 Å². The molecular weight excluding hydrogens is 376 g/mol. The standard InChI is InChI=1S/C24H24N4O2/c1-17-6-4-8-19(25-17)16-30-21-14-27-11-5-9-20(27)13-28(15-21)24(29)23-12-18-7-2-3-10-22(18)26-23/h2-12,21,26H,13-16H2,1H3/t21-/m0/s1. The Hall–Kier alpha value is -3.38. The molecule has 4 aromatic rings. The molecule has 0 saturated heterocycles. The summed E-state index contributed by atoms with van der Waals surface area (Å²) in [7, 11) is 0. The molecular formula is C24H24N4O2. The second-order valence-corrected chi connectivity index (χ2v) is 7.81. The van der Waals surface area contributed by atoms with E-state index in [9.17, 15) is 4.79 Å². The Bertz CT molecular complexity index is 1160. The molecule has 0 spiro atoms. The number of carbonyl (C=O) groups excluding carboxylic acids is 1. The molecule has 0 fully saturated rings. The number of hydrogen-bond acceptors (Lipinski definition) is 3. The van der Waals surface area contributed by atoms with Gasteiger partial charge < -0.3 is 19.2 Å². The fraction of sp³-hybridized carbons (Fsp3) is 0.250. The first-order valence-corrected chi connectivity index (χ1v) is 10.2. The van der Waals surface area contributed by atoms with Gasteiger partial charge in [0.1, 0.15) is 5.69 Å². The zero-order valence-electron chi connectivity index (χ0n) is 16.9. The summed E-state index contributed by atoms with van der Waals surface area (Å²) in [5.41, 5.74) is 4.56. The Labute approximate surface area is 175 Å². The van der Waals surface area contributed by atoms with E-state index >= 15 is 0 Å². The van der Waals surface area contributed by atoms with E-state index in [1.54, 1.807) is 0 Å². The van der Waals surface area contributed by atoms with Crippen LogP contribution in [0.25, 0.3) is 10.9 Å². The summed E-state index contributed by atoms with van der Waals surface area (Å²) < 4.78 is 8.39. The van der Waals surface area contributed by atoms with Crippen LogP contribution in [0.3, 0.4) is 0 Å². The predicted molar refractivity (Wildman–Crippen MR) is 115 cm³/mol. The van der Waals surface area contributed by atoms with E-state index in [2.05, 4.69) is 20.6 Å².